The fraction of sp³-hybridized carbons (Fsp3) is 0.235. The molecule has 0 fully saturated rings. The second-order valence-corrected chi connectivity index (χ2v) is 5.33. The number of anilines is 1. The van der Waals surface area contributed by atoms with Crippen molar-refractivity contribution < 1.29 is 18.0 Å². The van der Waals surface area contributed by atoms with Crippen molar-refractivity contribution in [2.75, 3.05) is 12.4 Å². The van der Waals surface area contributed by atoms with Crippen molar-refractivity contribution in [3.8, 4) is 0 Å². The summed E-state index contributed by atoms with van der Waals surface area (Å²) in [6.07, 6.45) is 0. The third kappa shape index (κ3) is 4.56. The molecule has 0 aromatic heterocycles. The lowest BCUT2D eigenvalue weighted by molar-refractivity contribution is -0.120. The average Bonchev–Trinajstić information content (AvgIpc) is 2.52. The first kappa shape index (κ1) is 17.0. The number of likely N-dealkylation sites (N-methyl/N-ethyl adjacent to an activating group) is 1. The van der Waals surface area contributed by atoms with E-state index in [-0.39, 0.29) is 11.5 Å². The SMILES string of the molecule is C[C@@H](C(=O)Nc1cc(F)ccc1F)N(C)Cc1ccc(F)cc1. The van der Waals surface area contributed by atoms with Crippen molar-refractivity contribution in [1.82, 2.24) is 4.90 Å². The number of rotatable bonds is 5. The number of carbonyl (C=O) groups is 1. The minimum absolute atomic E-state index is 0.197. The van der Waals surface area contributed by atoms with E-state index in [1.54, 1.807) is 31.0 Å². The van der Waals surface area contributed by atoms with Gasteiger partial charge in [0, 0.05) is 12.6 Å². The summed E-state index contributed by atoms with van der Waals surface area (Å²) in [5, 5.41) is 2.37. The highest BCUT2D eigenvalue weighted by molar-refractivity contribution is 5.94. The Kier molecular flexibility index (Phi) is 5.39. The lowest BCUT2D eigenvalue weighted by Crippen LogP contribution is -2.39. The molecule has 2 aromatic rings. The summed E-state index contributed by atoms with van der Waals surface area (Å²) in [6, 6.07) is 8.23. The van der Waals surface area contributed by atoms with Crippen LogP contribution in [0, 0.1) is 17.5 Å². The molecule has 23 heavy (non-hydrogen) atoms. The van der Waals surface area contributed by atoms with E-state index in [9.17, 15) is 18.0 Å². The lowest BCUT2D eigenvalue weighted by Gasteiger charge is -2.24. The molecule has 0 unspecified atom stereocenters. The first-order valence-electron chi connectivity index (χ1n) is 7.07. The van der Waals surface area contributed by atoms with Crippen molar-refractivity contribution in [1.29, 1.82) is 0 Å². The van der Waals surface area contributed by atoms with Gasteiger partial charge in [-0.2, -0.15) is 0 Å². The van der Waals surface area contributed by atoms with Crippen LogP contribution in [0.3, 0.4) is 0 Å². The number of nitrogens with one attached hydrogen (secondary N) is 1. The summed E-state index contributed by atoms with van der Waals surface area (Å²) in [6.45, 7) is 2.07. The quantitative estimate of drug-likeness (QED) is 0.913. The predicted octanol–water partition coefficient (Wildman–Crippen LogP) is 3.56. The minimum Gasteiger partial charge on any atom is -0.322 e. The van der Waals surface area contributed by atoms with Gasteiger partial charge >= 0.3 is 0 Å². The summed E-state index contributed by atoms with van der Waals surface area (Å²) in [7, 11) is 1.72. The Morgan fingerprint density at radius 3 is 2.35 bits per heavy atom. The van der Waals surface area contributed by atoms with E-state index in [1.807, 2.05) is 0 Å². The van der Waals surface area contributed by atoms with Crippen LogP contribution in [0.15, 0.2) is 42.5 Å². The number of amides is 1. The molecular weight excluding hydrogens is 305 g/mol. The second kappa shape index (κ2) is 7.28. The molecule has 2 rings (SSSR count). The van der Waals surface area contributed by atoms with E-state index >= 15 is 0 Å². The Hall–Kier alpha value is -2.34. The Balaban J connectivity index is 2.00. The highest BCUT2D eigenvalue weighted by Gasteiger charge is 2.19. The number of hydrogen-bond acceptors (Lipinski definition) is 2. The molecule has 0 aliphatic carbocycles. The monoisotopic (exact) mass is 322 g/mol. The van der Waals surface area contributed by atoms with Crippen LogP contribution >= 0.6 is 0 Å². The van der Waals surface area contributed by atoms with Crippen LogP contribution in [-0.4, -0.2) is 23.9 Å². The van der Waals surface area contributed by atoms with E-state index in [4.69, 9.17) is 0 Å². The molecule has 0 saturated carbocycles. The molecule has 0 aliphatic rings. The van der Waals surface area contributed by atoms with Gasteiger partial charge in [-0.05, 0) is 43.8 Å². The summed E-state index contributed by atoms with van der Waals surface area (Å²) in [5.41, 5.74) is 0.641. The number of halogens is 3. The van der Waals surface area contributed by atoms with E-state index in [1.165, 1.54) is 12.1 Å². The van der Waals surface area contributed by atoms with Gasteiger partial charge in [0.15, 0.2) is 0 Å². The van der Waals surface area contributed by atoms with Crippen LogP contribution in [0.1, 0.15) is 12.5 Å². The van der Waals surface area contributed by atoms with Crippen molar-refractivity contribution >= 4 is 11.6 Å². The maximum Gasteiger partial charge on any atom is 0.241 e. The standard InChI is InChI=1S/C17H17F3N2O/c1-11(22(2)10-12-3-5-13(18)6-4-12)17(23)21-16-9-14(19)7-8-15(16)20/h3-9,11H,10H2,1-2H3,(H,21,23)/t11-/m0/s1. The summed E-state index contributed by atoms with van der Waals surface area (Å²) in [4.78, 5) is 13.9. The maximum atomic E-state index is 13.5. The molecule has 6 heteroatoms. The highest BCUT2D eigenvalue weighted by atomic mass is 19.1. The molecule has 1 atom stereocenters. The van der Waals surface area contributed by atoms with E-state index in [0.717, 1.165) is 23.8 Å². The number of nitrogens with zero attached hydrogens (tertiary/aromatic N) is 1. The zero-order valence-electron chi connectivity index (χ0n) is 12.8. The summed E-state index contributed by atoms with van der Waals surface area (Å²) >= 11 is 0. The van der Waals surface area contributed by atoms with E-state index in [2.05, 4.69) is 5.32 Å². The lowest BCUT2D eigenvalue weighted by atomic mass is 10.2. The largest absolute Gasteiger partial charge is 0.322 e. The first-order chi connectivity index (χ1) is 10.9. The number of carbonyl (C=O) groups excluding carboxylic acids is 1. The highest BCUT2D eigenvalue weighted by Crippen LogP contribution is 2.16. The van der Waals surface area contributed by atoms with Crippen LogP contribution in [0.5, 0.6) is 0 Å². The Morgan fingerprint density at radius 1 is 1.09 bits per heavy atom. The molecule has 0 saturated heterocycles. The second-order valence-electron chi connectivity index (χ2n) is 5.33. The zero-order chi connectivity index (χ0) is 17.0. The fourth-order valence-electron chi connectivity index (χ4n) is 2.05. The van der Waals surface area contributed by atoms with Crippen molar-refractivity contribution in [3.05, 3.63) is 65.5 Å². The topological polar surface area (TPSA) is 32.3 Å². The maximum absolute atomic E-state index is 13.5. The molecule has 0 aliphatic heterocycles. The molecule has 122 valence electrons. The van der Waals surface area contributed by atoms with Crippen molar-refractivity contribution in [2.24, 2.45) is 0 Å². The van der Waals surface area contributed by atoms with Crippen molar-refractivity contribution in [2.45, 2.75) is 19.5 Å². The van der Waals surface area contributed by atoms with Gasteiger partial charge in [-0.15, -0.1) is 0 Å². The van der Waals surface area contributed by atoms with Gasteiger partial charge in [0.05, 0.1) is 11.7 Å². The van der Waals surface area contributed by atoms with Gasteiger partial charge in [0.1, 0.15) is 17.5 Å². The van der Waals surface area contributed by atoms with Gasteiger partial charge in [0.25, 0.3) is 0 Å². The Morgan fingerprint density at radius 2 is 1.70 bits per heavy atom. The first-order valence-corrected chi connectivity index (χ1v) is 7.07. The van der Waals surface area contributed by atoms with Crippen LogP contribution < -0.4 is 5.32 Å². The van der Waals surface area contributed by atoms with Gasteiger partial charge in [-0.25, -0.2) is 13.2 Å². The molecule has 0 radical (unpaired) electrons. The van der Waals surface area contributed by atoms with Gasteiger partial charge in [0.2, 0.25) is 5.91 Å². The molecule has 2 aromatic carbocycles. The zero-order valence-corrected chi connectivity index (χ0v) is 12.8. The molecule has 3 nitrogen and oxygen atoms in total. The third-order valence-electron chi connectivity index (χ3n) is 3.57. The predicted molar refractivity (Wildman–Crippen MR) is 82.3 cm³/mol. The van der Waals surface area contributed by atoms with Crippen molar-refractivity contribution in [3.63, 3.8) is 0 Å². The molecular formula is C17H17F3N2O. The fourth-order valence-corrected chi connectivity index (χ4v) is 2.05. The molecule has 1 amide bonds. The number of hydrogen-bond donors (Lipinski definition) is 1. The van der Waals surface area contributed by atoms with Gasteiger partial charge < -0.3 is 5.32 Å². The van der Waals surface area contributed by atoms with E-state index in [0.29, 0.717) is 6.54 Å². The summed E-state index contributed by atoms with van der Waals surface area (Å²) < 4.78 is 39.5. The molecule has 0 spiro atoms. The summed E-state index contributed by atoms with van der Waals surface area (Å²) in [5.74, 6) is -2.12. The van der Waals surface area contributed by atoms with Crippen LogP contribution in [0.4, 0.5) is 18.9 Å². The minimum atomic E-state index is -0.701. The van der Waals surface area contributed by atoms with E-state index < -0.39 is 23.6 Å². The molecule has 0 heterocycles. The average molecular weight is 322 g/mol. The third-order valence-corrected chi connectivity index (χ3v) is 3.57. The smallest absolute Gasteiger partial charge is 0.241 e. The van der Waals surface area contributed by atoms with Crippen LogP contribution in [0.2, 0.25) is 0 Å². The Bertz CT molecular complexity index is 689. The molecule has 1 N–H and O–H groups in total. The number of benzene rings is 2. The van der Waals surface area contributed by atoms with Gasteiger partial charge in [-0.1, -0.05) is 12.1 Å². The van der Waals surface area contributed by atoms with Gasteiger partial charge in [-0.3, -0.25) is 9.69 Å². The Labute approximate surface area is 132 Å². The van der Waals surface area contributed by atoms with Crippen LogP contribution in [-0.2, 0) is 11.3 Å². The normalized spacial score (nSPS) is 12.3. The van der Waals surface area contributed by atoms with Crippen LogP contribution in [0.25, 0.3) is 0 Å². The molecule has 0 bridgehead atoms.